The average molecular weight is 733 g/mol. The van der Waals surface area contributed by atoms with Crippen LogP contribution in [0.15, 0.2) is 16.7 Å². The van der Waals surface area contributed by atoms with Gasteiger partial charge >= 0.3 is 18.5 Å². The Labute approximate surface area is 262 Å². The molecule has 7 nitrogen and oxygen atoms in total. The summed E-state index contributed by atoms with van der Waals surface area (Å²) >= 11 is 0. The SMILES string of the molecule is N#CC(=C1C(=C(C#N)c2c(F)c(F)nc(F)c2F)C1=C(C#N)c1c(F)c(F)nc(F)c1F)c1c(C(F)(F)F)nc(C(F)(F)F)nc1C(F)(F)F. The van der Waals surface area contributed by atoms with E-state index in [2.05, 4.69) is 9.97 Å². The third kappa shape index (κ3) is 6.01. The molecule has 1 aliphatic rings. The molecule has 0 aromatic carbocycles. The highest BCUT2D eigenvalue weighted by atomic mass is 19.4. The second-order valence-corrected chi connectivity index (χ2v) is 9.09. The van der Waals surface area contributed by atoms with E-state index in [4.69, 9.17) is 0 Å². The topological polar surface area (TPSA) is 123 Å². The van der Waals surface area contributed by atoms with Crippen LogP contribution in [0.1, 0.15) is 33.9 Å². The van der Waals surface area contributed by atoms with Gasteiger partial charge in [0.1, 0.15) is 18.2 Å². The molecule has 258 valence electrons. The summed E-state index contributed by atoms with van der Waals surface area (Å²) in [6.07, 6.45) is -18.9. The minimum Gasteiger partial charge on any atom is -0.219 e. The lowest BCUT2D eigenvalue weighted by Crippen LogP contribution is -2.25. The van der Waals surface area contributed by atoms with Crippen LogP contribution >= 0.6 is 0 Å². The molecule has 3 aromatic rings. The van der Waals surface area contributed by atoms with Crippen LogP contribution in [0.2, 0.25) is 0 Å². The second-order valence-electron chi connectivity index (χ2n) is 9.09. The summed E-state index contributed by atoms with van der Waals surface area (Å²) < 4.78 is 239. The van der Waals surface area contributed by atoms with Gasteiger partial charge in [0.15, 0.2) is 34.7 Å². The zero-order chi connectivity index (χ0) is 38.0. The Hall–Kier alpha value is -6.12. The maximum atomic E-state index is 14.7. The van der Waals surface area contributed by atoms with Crippen molar-refractivity contribution in [1.82, 2.24) is 19.9 Å². The van der Waals surface area contributed by atoms with E-state index in [1.165, 1.54) is 0 Å². The molecule has 0 amide bonds. The molecule has 3 heterocycles. The predicted molar refractivity (Wildman–Crippen MR) is 123 cm³/mol. The Morgan fingerprint density at radius 3 is 0.880 bits per heavy atom. The van der Waals surface area contributed by atoms with Gasteiger partial charge in [-0.3, -0.25) is 0 Å². The largest absolute Gasteiger partial charge is 0.451 e. The van der Waals surface area contributed by atoms with Crippen LogP contribution in [-0.2, 0) is 18.5 Å². The first-order chi connectivity index (χ1) is 22.9. The number of pyridine rings is 2. The number of nitriles is 3. The molecule has 0 bridgehead atoms. The Kier molecular flexibility index (Phi) is 8.87. The summed E-state index contributed by atoms with van der Waals surface area (Å²) in [6, 6.07) is 2.20. The molecule has 0 spiro atoms. The van der Waals surface area contributed by atoms with Crippen molar-refractivity contribution >= 4 is 16.7 Å². The summed E-state index contributed by atoms with van der Waals surface area (Å²) in [4.78, 5) is 8.25. The van der Waals surface area contributed by atoms with E-state index in [0.717, 1.165) is 12.1 Å². The molecule has 0 unspecified atom stereocenters. The third-order valence-electron chi connectivity index (χ3n) is 6.22. The van der Waals surface area contributed by atoms with Gasteiger partial charge < -0.3 is 0 Å². The summed E-state index contributed by atoms with van der Waals surface area (Å²) in [5.74, 6) is -24.0. The van der Waals surface area contributed by atoms with Gasteiger partial charge in [0.25, 0.3) is 23.8 Å². The summed E-state index contributed by atoms with van der Waals surface area (Å²) in [5.41, 5.74) is -25.2. The Balaban J connectivity index is 2.42. The van der Waals surface area contributed by atoms with Gasteiger partial charge in [-0.15, -0.1) is 0 Å². The van der Waals surface area contributed by atoms with Crippen LogP contribution in [0.3, 0.4) is 0 Å². The summed E-state index contributed by atoms with van der Waals surface area (Å²) in [7, 11) is 0. The van der Waals surface area contributed by atoms with E-state index in [1.807, 2.05) is 9.97 Å². The number of hydrogen-bond donors (Lipinski definition) is 0. The number of aromatic nitrogens is 4. The lowest BCUT2D eigenvalue weighted by molar-refractivity contribution is -0.159. The monoisotopic (exact) mass is 733 g/mol. The van der Waals surface area contributed by atoms with Crippen molar-refractivity contribution in [3.05, 3.63) is 97.7 Å². The molecule has 3 aromatic heterocycles. The molecule has 0 radical (unpaired) electrons. The van der Waals surface area contributed by atoms with E-state index in [0.29, 0.717) is 6.07 Å². The molecule has 0 aliphatic heterocycles. The van der Waals surface area contributed by atoms with Crippen LogP contribution in [0, 0.1) is 81.1 Å². The third-order valence-corrected chi connectivity index (χ3v) is 6.22. The molecule has 1 saturated carbocycles. The van der Waals surface area contributed by atoms with Crippen LogP contribution in [0.25, 0.3) is 16.7 Å². The number of rotatable bonds is 3. The van der Waals surface area contributed by atoms with Gasteiger partial charge in [0, 0.05) is 16.7 Å². The van der Waals surface area contributed by atoms with Gasteiger partial charge in [-0.05, 0) is 0 Å². The fourth-order valence-electron chi connectivity index (χ4n) is 4.30. The minimum absolute atomic E-state index is 0.624. The van der Waals surface area contributed by atoms with Gasteiger partial charge in [-0.1, -0.05) is 0 Å². The summed E-state index contributed by atoms with van der Waals surface area (Å²) in [5, 5.41) is 29.2. The first kappa shape index (κ1) is 36.7. The van der Waals surface area contributed by atoms with Crippen molar-refractivity contribution in [3.63, 3.8) is 0 Å². The molecule has 1 fully saturated rings. The van der Waals surface area contributed by atoms with Crippen LogP contribution < -0.4 is 0 Å². The molecule has 24 heteroatoms. The number of hydrogen-bond acceptors (Lipinski definition) is 7. The van der Waals surface area contributed by atoms with E-state index in [1.54, 1.807) is 0 Å². The highest BCUT2D eigenvalue weighted by Crippen LogP contribution is 2.58. The van der Waals surface area contributed by atoms with Gasteiger partial charge in [0.05, 0.1) is 33.4 Å². The highest BCUT2D eigenvalue weighted by Gasteiger charge is 2.52. The summed E-state index contributed by atoms with van der Waals surface area (Å²) in [6.45, 7) is 0. The fourth-order valence-corrected chi connectivity index (χ4v) is 4.30. The van der Waals surface area contributed by atoms with Crippen molar-refractivity contribution in [1.29, 1.82) is 15.8 Å². The molecule has 1 aliphatic carbocycles. The second kappa shape index (κ2) is 12.1. The number of nitrogens with zero attached hydrogens (tertiary/aromatic N) is 7. The standard InChI is InChI=1S/C26F17N7/c27-13-10(14(28)20(32)49-19(13)31)4(1-44)7-8(5(2-45)11-15(29)21(33)50-22(34)16(11)30)9(7)6(3-46)12-17(24(35,36)37)47-23(26(41,42)43)48-18(12)25(38,39)40. The highest BCUT2D eigenvalue weighted by molar-refractivity contribution is 6.12. The quantitative estimate of drug-likeness (QED) is 0.154. The average Bonchev–Trinajstić information content (AvgIpc) is 3.71. The maximum Gasteiger partial charge on any atom is 0.451 e. The van der Waals surface area contributed by atoms with Crippen molar-refractivity contribution in [2.45, 2.75) is 18.5 Å². The lowest BCUT2D eigenvalue weighted by Gasteiger charge is -2.18. The Morgan fingerprint density at radius 2 is 0.660 bits per heavy atom. The predicted octanol–water partition coefficient (Wildman–Crippen LogP) is 7.68. The molecular weight excluding hydrogens is 733 g/mol. The molecule has 4 rings (SSSR count). The van der Waals surface area contributed by atoms with Crippen LogP contribution in [0.4, 0.5) is 74.6 Å². The molecule has 0 saturated heterocycles. The van der Waals surface area contributed by atoms with Crippen molar-refractivity contribution in [2.24, 2.45) is 0 Å². The number of allylic oxidation sites excluding steroid dienone is 6. The number of halogens is 17. The van der Waals surface area contributed by atoms with Gasteiger partial charge in [-0.25, -0.2) is 27.5 Å². The van der Waals surface area contributed by atoms with Crippen molar-refractivity contribution < 1.29 is 74.6 Å². The van der Waals surface area contributed by atoms with E-state index in [-0.39, 0.29) is 0 Å². The number of alkyl halides is 9. The molecule has 50 heavy (non-hydrogen) atoms. The minimum atomic E-state index is -6.40. The van der Waals surface area contributed by atoms with Gasteiger partial charge in [-0.2, -0.15) is 82.8 Å². The smallest absolute Gasteiger partial charge is 0.219 e. The zero-order valence-corrected chi connectivity index (χ0v) is 22.6. The lowest BCUT2D eigenvalue weighted by atomic mass is 9.99. The first-order valence-corrected chi connectivity index (χ1v) is 11.9. The van der Waals surface area contributed by atoms with Crippen LogP contribution in [0.5, 0.6) is 0 Å². The normalized spacial score (nSPS) is 15.3. The molecule has 0 atom stereocenters. The Morgan fingerprint density at radius 1 is 0.400 bits per heavy atom. The van der Waals surface area contributed by atoms with Gasteiger partial charge in [0.2, 0.25) is 5.82 Å². The maximum absolute atomic E-state index is 14.7. The van der Waals surface area contributed by atoms with E-state index < -0.39 is 133 Å². The molecule has 0 N–H and O–H groups in total. The fraction of sp³-hybridized carbons (Fsp3) is 0.115. The van der Waals surface area contributed by atoms with Crippen molar-refractivity contribution in [2.75, 3.05) is 0 Å². The van der Waals surface area contributed by atoms with Crippen LogP contribution in [-0.4, -0.2) is 19.9 Å². The molecular formula is C26F17N7. The van der Waals surface area contributed by atoms with E-state index >= 15 is 0 Å². The van der Waals surface area contributed by atoms with Crippen molar-refractivity contribution in [3.8, 4) is 18.2 Å². The Bertz CT molecular complexity index is 2050. The van der Waals surface area contributed by atoms with E-state index in [9.17, 15) is 90.4 Å². The first-order valence-electron chi connectivity index (χ1n) is 11.9. The zero-order valence-electron chi connectivity index (χ0n) is 22.6.